The molecule has 0 saturated carbocycles. The van der Waals surface area contributed by atoms with E-state index in [2.05, 4.69) is 10.5 Å². The van der Waals surface area contributed by atoms with Crippen LogP contribution in [0.3, 0.4) is 0 Å². The molecule has 140 valence electrons. The number of hydrazone groups is 1. The molecular formula is C22H18N2O4. The Morgan fingerprint density at radius 2 is 1.86 bits per heavy atom. The summed E-state index contributed by atoms with van der Waals surface area (Å²) in [5.41, 5.74) is 4.87. The summed E-state index contributed by atoms with van der Waals surface area (Å²) in [6, 6.07) is 22.4. The van der Waals surface area contributed by atoms with E-state index >= 15 is 0 Å². The van der Waals surface area contributed by atoms with Crippen molar-refractivity contribution in [1.82, 2.24) is 5.43 Å². The van der Waals surface area contributed by atoms with Crippen LogP contribution in [0, 0.1) is 0 Å². The van der Waals surface area contributed by atoms with Crippen molar-refractivity contribution in [2.45, 2.75) is 6.61 Å². The van der Waals surface area contributed by atoms with Crippen molar-refractivity contribution >= 4 is 12.1 Å². The molecule has 1 amide bonds. The number of carbonyl (C=O) groups excluding carboxylic acids is 1. The minimum absolute atomic E-state index is 0.168. The van der Waals surface area contributed by atoms with Gasteiger partial charge in [0.25, 0.3) is 5.91 Å². The largest absolute Gasteiger partial charge is 0.489 e. The average molecular weight is 374 g/mol. The summed E-state index contributed by atoms with van der Waals surface area (Å²) in [7, 11) is 0. The van der Waals surface area contributed by atoms with Crippen LogP contribution in [0.4, 0.5) is 0 Å². The predicted molar refractivity (Wildman–Crippen MR) is 105 cm³/mol. The van der Waals surface area contributed by atoms with Gasteiger partial charge in [-0.15, -0.1) is 0 Å². The van der Waals surface area contributed by atoms with Gasteiger partial charge in [-0.1, -0.05) is 42.5 Å². The van der Waals surface area contributed by atoms with Gasteiger partial charge < -0.3 is 14.2 Å². The Morgan fingerprint density at radius 3 is 2.75 bits per heavy atom. The highest BCUT2D eigenvalue weighted by molar-refractivity contribution is 5.95. The first-order valence-electron chi connectivity index (χ1n) is 8.78. The highest BCUT2D eigenvalue weighted by Crippen LogP contribution is 2.32. The third-order valence-electron chi connectivity index (χ3n) is 4.12. The number of benzene rings is 3. The van der Waals surface area contributed by atoms with E-state index in [1.165, 1.54) is 0 Å². The van der Waals surface area contributed by atoms with Gasteiger partial charge in [-0.2, -0.15) is 5.10 Å². The highest BCUT2D eigenvalue weighted by atomic mass is 16.7. The molecule has 3 aromatic carbocycles. The van der Waals surface area contributed by atoms with E-state index < -0.39 is 0 Å². The van der Waals surface area contributed by atoms with E-state index in [4.69, 9.17) is 14.2 Å². The third-order valence-corrected chi connectivity index (χ3v) is 4.12. The van der Waals surface area contributed by atoms with E-state index in [-0.39, 0.29) is 12.7 Å². The molecule has 0 fully saturated rings. The zero-order chi connectivity index (χ0) is 19.2. The van der Waals surface area contributed by atoms with E-state index in [0.717, 1.165) is 16.9 Å². The molecule has 1 heterocycles. The van der Waals surface area contributed by atoms with Gasteiger partial charge in [0.2, 0.25) is 6.79 Å². The number of carbonyl (C=O) groups is 1. The molecule has 6 heteroatoms. The summed E-state index contributed by atoms with van der Waals surface area (Å²) in [6.45, 7) is 0.656. The summed E-state index contributed by atoms with van der Waals surface area (Å²) in [4.78, 5) is 12.2. The summed E-state index contributed by atoms with van der Waals surface area (Å²) >= 11 is 0. The van der Waals surface area contributed by atoms with Crippen molar-refractivity contribution in [1.29, 1.82) is 0 Å². The Hall–Kier alpha value is -3.80. The van der Waals surface area contributed by atoms with Gasteiger partial charge in [-0.25, -0.2) is 5.43 Å². The standard InChI is InChI=1S/C22H18N2O4/c25-22(18-9-10-20-21(12-18)28-15-27-20)24-23-13-17-7-4-8-19(11-17)26-14-16-5-2-1-3-6-16/h1-13H,14-15H2,(H,24,25)/b23-13+. The quantitative estimate of drug-likeness (QED) is 0.527. The van der Waals surface area contributed by atoms with Crippen LogP contribution in [0.5, 0.6) is 17.2 Å². The topological polar surface area (TPSA) is 69.2 Å². The SMILES string of the molecule is O=C(N/N=C/c1cccc(OCc2ccccc2)c1)c1ccc2c(c1)OCO2. The van der Waals surface area contributed by atoms with Crippen LogP contribution in [-0.4, -0.2) is 18.9 Å². The van der Waals surface area contributed by atoms with Gasteiger partial charge in [-0.05, 0) is 41.5 Å². The number of hydrogen-bond acceptors (Lipinski definition) is 5. The number of nitrogens with zero attached hydrogens (tertiary/aromatic N) is 1. The number of rotatable bonds is 6. The maximum Gasteiger partial charge on any atom is 0.271 e. The van der Waals surface area contributed by atoms with Crippen molar-refractivity contribution in [3.8, 4) is 17.2 Å². The van der Waals surface area contributed by atoms with Crippen LogP contribution in [0.25, 0.3) is 0 Å². The van der Waals surface area contributed by atoms with Crippen LogP contribution in [0.15, 0.2) is 77.9 Å². The molecule has 0 aliphatic carbocycles. The lowest BCUT2D eigenvalue weighted by Crippen LogP contribution is -2.17. The van der Waals surface area contributed by atoms with Gasteiger partial charge in [0.15, 0.2) is 11.5 Å². The highest BCUT2D eigenvalue weighted by Gasteiger charge is 2.15. The van der Waals surface area contributed by atoms with Crippen LogP contribution >= 0.6 is 0 Å². The molecule has 0 bridgehead atoms. The molecule has 1 aliphatic heterocycles. The maximum absolute atomic E-state index is 12.2. The molecule has 0 spiro atoms. The summed E-state index contributed by atoms with van der Waals surface area (Å²) in [5, 5.41) is 4.02. The molecule has 4 rings (SSSR count). The molecule has 1 aliphatic rings. The molecular weight excluding hydrogens is 356 g/mol. The Bertz CT molecular complexity index is 1000. The molecule has 6 nitrogen and oxygen atoms in total. The first-order valence-corrected chi connectivity index (χ1v) is 8.78. The second kappa shape index (κ2) is 8.26. The molecule has 0 radical (unpaired) electrons. The fourth-order valence-electron chi connectivity index (χ4n) is 2.69. The van der Waals surface area contributed by atoms with Crippen molar-refractivity contribution < 1.29 is 19.0 Å². The lowest BCUT2D eigenvalue weighted by atomic mass is 10.2. The van der Waals surface area contributed by atoms with Gasteiger partial charge in [0, 0.05) is 5.56 Å². The van der Waals surface area contributed by atoms with Gasteiger partial charge >= 0.3 is 0 Å². The Kier molecular flexibility index (Phi) is 5.20. The fraction of sp³-hybridized carbons (Fsp3) is 0.0909. The lowest BCUT2D eigenvalue weighted by molar-refractivity contribution is 0.0954. The number of fused-ring (bicyclic) bond motifs is 1. The van der Waals surface area contributed by atoms with E-state index in [9.17, 15) is 4.79 Å². The van der Waals surface area contributed by atoms with Crippen LogP contribution in [0.1, 0.15) is 21.5 Å². The zero-order valence-corrected chi connectivity index (χ0v) is 15.0. The Balaban J connectivity index is 1.35. The number of nitrogens with one attached hydrogen (secondary N) is 1. The minimum atomic E-state index is -0.328. The second-order valence-electron chi connectivity index (χ2n) is 6.11. The summed E-state index contributed by atoms with van der Waals surface area (Å²) in [5.74, 6) is 1.59. The summed E-state index contributed by atoms with van der Waals surface area (Å²) < 4.78 is 16.3. The molecule has 0 saturated heterocycles. The van der Waals surface area contributed by atoms with Gasteiger partial charge in [0.05, 0.1) is 6.21 Å². The summed E-state index contributed by atoms with van der Waals surface area (Å²) in [6.07, 6.45) is 1.57. The Morgan fingerprint density at radius 1 is 1.00 bits per heavy atom. The lowest BCUT2D eigenvalue weighted by Gasteiger charge is -2.06. The van der Waals surface area contributed by atoms with Crippen molar-refractivity contribution in [2.24, 2.45) is 5.10 Å². The predicted octanol–water partition coefficient (Wildman–Crippen LogP) is 3.76. The molecule has 0 unspecified atom stereocenters. The second-order valence-corrected chi connectivity index (χ2v) is 6.11. The van der Waals surface area contributed by atoms with E-state index in [1.54, 1.807) is 24.4 Å². The van der Waals surface area contributed by atoms with Crippen molar-refractivity contribution in [2.75, 3.05) is 6.79 Å². The Labute approximate surface area is 162 Å². The van der Waals surface area contributed by atoms with Crippen LogP contribution in [-0.2, 0) is 6.61 Å². The average Bonchev–Trinajstić information content (AvgIpc) is 3.21. The molecule has 28 heavy (non-hydrogen) atoms. The number of ether oxygens (including phenoxy) is 3. The van der Waals surface area contributed by atoms with Crippen molar-refractivity contribution in [3.05, 3.63) is 89.5 Å². The van der Waals surface area contributed by atoms with Crippen LogP contribution in [0.2, 0.25) is 0 Å². The zero-order valence-electron chi connectivity index (χ0n) is 15.0. The minimum Gasteiger partial charge on any atom is -0.489 e. The first kappa shape index (κ1) is 17.6. The van der Waals surface area contributed by atoms with Gasteiger partial charge in [0.1, 0.15) is 12.4 Å². The maximum atomic E-state index is 12.2. The van der Waals surface area contributed by atoms with E-state index in [1.807, 2.05) is 54.6 Å². The van der Waals surface area contributed by atoms with E-state index in [0.29, 0.717) is 23.7 Å². The number of amides is 1. The van der Waals surface area contributed by atoms with Gasteiger partial charge in [-0.3, -0.25) is 4.79 Å². The fourth-order valence-corrected chi connectivity index (χ4v) is 2.69. The number of hydrogen-bond donors (Lipinski definition) is 1. The molecule has 3 aromatic rings. The monoisotopic (exact) mass is 374 g/mol. The van der Waals surface area contributed by atoms with Crippen LogP contribution < -0.4 is 19.6 Å². The normalized spacial score (nSPS) is 12.1. The van der Waals surface area contributed by atoms with Crippen molar-refractivity contribution in [3.63, 3.8) is 0 Å². The third kappa shape index (κ3) is 4.29. The smallest absolute Gasteiger partial charge is 0.271 e. The molecule has 0 atom stereocenters. The first-order chi connectivity index (χ1) is 13.8. The molecule has 1 N–H and O–H groups in total. The molecule has 0 aromatic heterocycles.